The highest BCUT2D eigenvalue weighted by atomic mass is 28.5. The third kappa shape index (κ3) is 15.5. The topological polar surface area (TPSA) is 83.1 Å². The molecule has 0 radical (unpaired) electrons. The van der Waals surface area contributed by atoms with Gasteiger partial charge in [0, 0.05) is 40.6 Å². The summed E-state index contributed by atoms with van der Waals surface area (Å²) in [6.45, 7) is 19.0. The molecular weight excluding hydrogens is 521 g/mol. The highest BCUT2D eigenvalue weighted by molar-refractivity contribution is 6.88. The fraction of sp³-hybridized carbons (Fsp3) is 1.00. The average molecular weight is 575 g/mol. The van der Waals surface area contributed by atoms with Crippen LogP contribution in [0.3, 0.4) is 0 Å². The Morgan fingerprint density at radius 3 is 0.857 bits per heavy atom. The standard InChI is InChI=1S/C22H54O9Si4/c1-11-15-25-19-32(7,23-5)29-34(9,21-27-17-13-3)31-35(10,22-28-18-14-4)30-33(8,24-6)20-26-16-12-2/h11-22H2,1-10H3. The first kappa shape index (κ1) is 35.5. The SMILES string of the molecule is CCCOC[Si](C)(OC)O[Si](C)(COCCC)O[Si](C)(COCCC)O[Si](C)(COCCC)OC. The van der Waals surface area contributed by atoms with Gasteiger partial charge in [-0.25, -0.2) is 0 Å². The van der Waals surface area contributed by atoms with Gasteiger partial charge >= 0.3 is 34.2 Å². The van der Waals surface area contributed by atoms with E-state index in [-0.39, 0.29) is 0 Å². The smallest absolute Gasteiger partial charge is 0.352 e. The van der Waals surface area contributed by atoms with E-state index >= 15 is 0 Å². The zero-order valence-corrected chi connectivity index (χ0v) is 28.2. The highest BCUT2D eigenvalue weighted by Crippen LogP contribution is 2.26. The predicted octanol–water partition coefficient (Wildman–Crippen LogP) is 4.48. The minimum absolute atomic E-state index is 0.373. The van der Waals surface area contributed by atoms with Crippen LogP contribution in [0.5, 0.6) is 0 Å². The van der Waals surface area contributed by atoms with Crippen molar-refractivity contribution in [1.29, 1.82) is 0 Å². The summed E-state index contributed by atoms with van der Waals surface area (Å²) >= 11 is 0. The zero-order chi connectivity index (χ0) is 26.8. The summed E-state index contributed by atoms with van der Waals surface area (Å²) in [5, 5.41) is 0. The van der Waals surface area contributed by atoms with Gasteiger partial charge in [0.15, 0.2) is 0 Å². The van der Waals surface area contributed by atoms with Crippen molar-refractivity contribution in [3.63, 3.8) is 0 Å². The van der Waals surface area contributed by atoms with Crippen molar-refractivity contribution >= 4 is 34.2 Å². The van der Waals surface area contributed by atoms with Crippen LogP contribution in [-0.2, 0) is 40.1 Å². The molecule has 0 aromatic heterocycles. The molecule has 0 rings (SSSR count). The van der Waals surface area contributed by atoms with Gasteiger partial charge in [-0.05, 0) is 51.9 Å². The van der Waals surface area contributed by atoms with Crippen LogP contribution in [0.4, 0.5) is 0 Å². The lowest BCUT2D eigenvalue weighted by atomic mass is 10.5. The molecule has 0 spiro atoms. The Morgan fingerprint density at radius 1 is 0.400 bits per heavy atom. The van der Waals surface area contributed by atoms with Crippen molar-refractivity contribution < 1.29 is 40.1 Å². The first-order valence-corrected chi connectivity index (χ1v) is 23.1. The van der Waals surface area contributed by atoms with Gasteiger partial charge in [-0.15, -0.1) is 0 Å². The first-order valence-electron chi connectivity index (χ1n) is 13.0. The normalized spacial score (nSPS) is 19.0. The maximum Gasteiger partial charge on any atom is 0.352 e. The van der Waals surface area contributed by atoms with Crippen LogP contribution >= 0.6 is 0 Å². The molecule has 0 heterocycles. The molecule has 212 valence electrons. The Hall–Kier alpha value is 0.508. The van der Waals surface area contributed by atoms with Crippen molar-refractivity contribution in [3.05, 3.63) is 0 Å². The van der Waals surface area contributed by atoms with Gasteiger partial charge in [-0.1, -0.05) is 27.7 Å². The second kappa shape index (κ2) is 18.7. The lowest BCUT2D eigenvalue weighted by molar-refractivity contribution is 0.102. The third-order valence-electron chi connectivity index (χ3n) is 5.01. The molecule has 35 heavy (non-hydrogen) atoms. The van der Waals surface area contributed by atoms with Gasteiger partial charge in [0.1, 0.15) is 0 Å². The molecule has 0 aliphatic carbocycles. The first-order chi connectivity index (χ1) is 16.5. The molecule has 13 heteroatoms. The van der Waals surface area contributed by atoms with E-state index in [1.54, 1.807) is 14.2 Å². The second-order valence-electron chi connectivity index (χ2n) is 9.46. The van der Waals surface area contributed by atoms with Crippen molar-refractivity contribution in [2.75, 3.05) is 65.6 Å². The van der Waals surface area contributed by atoms with E-state index in [0.717, 1.165) is 25.7 Å². The second-order valence-corrected chi connectivity index (χ2v) is 23.0. The minimum Gasteiger partial charge on any atom is -0.413 e. The quantitative estimate of drug-likeness (QED) is 0.122. The predicted molar refractivity (Wildman–Crippen MR) is 148 cm³/mol. The molecule has 0 saturated heterocycles. The lowest BCUT2D eigenvalue weighted by Gasteiger charge is -2.43. The Kier molecular flexibility index (Phi) is 19.0. The zero-order valence-electron chi connectivity index (χ0n) is 24.2. The van der Waals surface area contributed by atoms with Crippen LogP contribution in [0.25, 0.3) is 0 Å². The van der Waals surface area contributed by atoms with E-state index in [9.17, 15) is 0 Å². The van der Waals surface area contributed by atoms with Crippen molar-refractivity contribution in [3.8, 4) is 0 Å². The summed E-state index contributed by atoms with van der Waals surface area (Å²) in [4.78, 5) is 0. The third-order valence-corrected chi connectivity index (χ3v) is 20.0. The van der Waals surface area contributed by atoms with Crippen LogP contribution in [0.2, 0.25) is 26.2 Å². The fourth-order valence-corrected chi connectivity index (χ4v) is 19.8. The average Bonchev–Trinajstić information content (AvgIpc) is 2.79. The van der Waals surface area contributed by atoms with Crippen molar-refractivity contribution in [1.82, 2.24) is 0 Å². The summed E-state index contributed by atoms with van der Waals surface area (Å²) in [6, 6.07) is 0. The van der Waals surface area contributed by atoms with Crippen LogP contribution < -0.4 is 0 Å². The van der Waals surface area contributed by atoms with Crippen LogP contribution in [-0.4, -0.2) is 99.8 Å². The van der Waals surface area contributed by atoms with E-state index in [0.29, 0.717) is 51.3 Å². The summed E-state index contributed by atoms with van der Waals surface area (Å²) in [5.41, 5.74) is 0. The molecule has 4 unspecified atom stereocenters. The summed E-state index contributed by atoms with van der Waals surface area (Å²) in [5.74, 6) is 0. The highest BCUT2D eigenvalue weighted by Gasteiger charge is 2.52. The molecule has 0 aromatic carbocycles. The Morgan fingerprint density at radius 2 is 0.629 bits per heavy atom. The molecule has 0 aromatic rings. The molecule has 0 aliphatic rings. The number of rotatable bonds is 24. The van der Waals surface area contributed by atoms with Crippen LogP contribution in [0.15, 0.2) is 0 Å². The van der Waals surface area contributed by atoms with Crippen molar-refractivity contribution in [2.45, 2.75) is 79.6 Å². The van der Waals surface area contributed by atoms with Gasteiger partial charge < -0.3 is 40.1 Å². The fourth-order valence-electron chi connectivity index (χ4n) is 3.40. The van der Waals surface area contributed by atoms with E-state index in [1.165, 1.54) is 0 Å². The molecule has 0 fully saturated rings. The Balaban J connectivity index is 5.90. The molecule has 4 atom stereocenters. The van der Waals surface area contributed by atoms with Crippen molar-refractivity contribution in [2.24, 2.45) is 0 Å². The Bertz CT molecular complexity index is 495. The maximum absolute atomic E-state index is 6.91. The summed E-state index contributed by atoms with van der Waals surface area (Å²) in [7, 11) is -7.84. The van der Waals surface area contributed by atoms with Gasteiger partial charge in [0.2, 0.25) is 0 Å². The van der Waals surface area contributed by atoms with Gasteiger partial charge in [0.25, 0.3) is 0 Å². The van der Waals surface area contributed by atoms with E-state index < -0.39 is 34.2 Å². The van der Waals surface area contributed by atoms with E-state index in [1.807, 2.05) is 26.2 Å². The summed E-state index contributed by atoms with van der Waals surface area (Å²) < 4.78 is 55.8. The summed E-state index contributed by atoms with van der Waals surface area (Å²) in [6.07, 6.45) is 5.31. The lowest BCUT2D eigenvalue weighted by Crippen LogP contribution is -2.65. The molecular formula is C22H54O9Si4. The number of hydrogen-bond donors (Lipinski definition) is 0. The molecule has 9 nitrogen and oxygen atoms in total. The van der Waals surface area contributed by atoms with E-state index in [4.69, 9.17) is 40.1 Å². The molecule has 0 bridgehead atoms. The minimum atomic E-state index is -2.93. The maximum atomic E-state index is 6.91. The largest absolute Gasteiger partial charge is 0.413 e. The van der Waals surface area contributed by atoms with E-state index in [2.05, 4.69) is 27.7 Å². The monoisotopic (exact) mass is 574 g/mol. The molecule has 0 N–H and O–H groups in total. The van der Waals surface area contributed by atoms with Gasteiger partial charge in [0.05, 0.1) is 24.9 Å². The molecule has 0 saturated carbocycles. The van der Waals surface area contributed by atoms with Gasteiger partial charge in [-0.3, -0.25) is 0 Å². The van der Waals surface area contributed by atoms with Crippen LogP contribution in [0, 0.1) is 0 Å². The molecule has 0 amide bonds. The van der Waals surface area contributed by atoms with Crippen LogP contribution in [0.1, 0.15) is 53.4 Å². The molecule has 0 aliphatic heterocycles. The van der Waals surface area contributed by atoms with Gasteiger partial charge in [-0.2, -0.15) is 0 Å². The number of ether oxygens (including phenoxy) is 4. The Labute approximate surface area is 219 Å². The number of hydrogen-bond acceptors (Lipinski definition) is 9.